The van der Waals surface area contributed by atoms with Crippen molar-refractivity contribution in [3.8, 4) is 0 Å². The Morgan fingerprint density at radius 3 is 2.75 bits per heavy atom. The Morgan fingerprint density at radius 1 is 1.56 bits per heavy atom. The van der Waals surface area contributed by atoms with Gasteiger partial charge < -0.3 is 19.5 Å². The van der Waals surface area contributed by atoms with Crippen LogP contribution in [0.25, 0.3) is 0 Å². The molecule has 1 unspecified atom stereocenters. The number of hydrogen-bond acceptors (Lipinski definition) is 5. The van der Waals surface area contributed by atoms with E-state index in [-0.39, 0.29) is 12.5 Å². The monoisotopic (exact) mass is 231 g/mol. The molecule has 0 spiro atoms. The highest BCUT2D eigenvalue weighted by molar-refractivity contribution is 5.83. The summed E-state index contributed by atoms with van der Waals surface area (Å²) in [4.78, 5) is 22.1. The molecule has 0 aromatic rings. The molecule has 1 saturated heterocycles. The molecule has 1 N–H and O–H groups in total. The maximum absolute atomic E-state index is 11.2. The van der Waals surface area contributed by atoms with Crippen molar-refractivity contribution in [3.63, 3.8) is 0 Å². The lowest BCUT2D eigenvalue weighted by molar-refractivity contribution is -0.146. The minimum Gasteiger partial charge on any atom is -0.467 e. The van der Waals surface area contributed by atoms with Gasteiger partial charge in [0.25, 0.3) is 0 Å². The Kier molecular flexibility index (Phi) is 5.21. The second-order valence-corrected chi connectivity index (χ2v) is 3.60. The highest BCUT2D eigenvalue weighted by atomic mass is 16.6. The third-order valence-electron chi connectivity index (χ3n) is 2.13. The SMILES string of the molecule is COC(=O)[C@@H](COCCC1CO1)NC(C)=O. The molecule has 1 aliphatic rings. The summed E-state index contributed by atoms with van der Waals surface area (Å²) in [5.74, 6) is -0.789. The number of amides is 1. The van der Waals surface area contributed by atoms with E-state index in [1.165, 1.54) is 14.0 Å². The number of rotatable bonds is 7. The molecule has 0 saturated carbocycles. The maximum Gasteiger partial charge on any atom is 0.330 e. The first-order valence-electron chi connectivity index (χ1n) is 5.17. The van der Waals surface area contributed by atoms with Crippen molar-refractivity contribution in [3.05, 3.63) is 0 Å². The molecule has 0 aromatic heterocycles. The Hall–Kier alpha value is -1.14. The minimum atomic E-state index is -0.734. The molecule has 92 valence electrons. The quantitative estimate of drug-likeness (QED) is 0.362. The fourth-order valence-corrected chi connectivity index (χ4v) is 1.21. The highest BCUT2D eigenvalue weighted by Gasteiger charge is 2.23. The summed E-state index contributed by atoms with van der Waals surface area (Å²) in [6.07, 6.45) is 1.12. The molecule has 6 heteroatoms. The van der Waals surface area contributed by atoms with E-state index in [4.69, 9.17) is 9.47 Å². The predicted octanol–water partition coefficient (Wildman–Crippen LogP) is -0.530. The zero-order chi connectivity index (χ0) is 12.0. The van der Waals surface area contributed by atoms with Crippen LogP contribution in [0, 0.1) is 0 Å². The molecule has 0 aromatic carbocycles. The Balaban J connectivity index is 2.19. The van der Waals surface area contributed by atoms with Crippen LogP contribution in [0.3, 0.4) is 0 Å². The minimum absolute atomic E-state index is 0.124. The van der Waals surface area contributed by atoms with E-state index in [1.807, 2.05) is 0 Å². The van der Waals surface area contributed by atoms with Gasteiger partial charge in [-0.15, -0.1) is 0 Å². The number of carbonyl (C=O) groups excluding carboxylic acids is 2. The third-order valence-corrected chi connectivity index (χ3v) is 2.13. The van der Waals surface area contributed by atoms with Crippen molar-refractivity contribution in [1.29, 1.82) is 0 Å². The number of carbonyl (C=O) groups is 2. The van der Waals surface area contributed by atoms with Crippen molar-refractivity contribution in [2.45, 2.75) is 25.5 Å². The standard InChI is InChI=1S/C10H17NO5/c1-7(12)11-9(10(13)14-2)6-15-4-3-8-5-16-8/h8-9H,3-6H2,1-2H3,(H,11,12)/t8?,9-/m1/s1. The van der Waals surface area contributed by atoms with Crippen molar-refractivity contribution in [1.82, 2.24) is 5.32 Å². The molecule has 1 heterocycles. The van der Waals surface area contributed by atoms with Gasteiger partial charge in [-0.05, 0) is 6.42 Å². The van der Waals surface area contributed by atoms with Gasteiger partial charge in [-0.3, -0.25) is 4.79 Å². The Labute approximate surface area is 94.2 Å². The van der Waals surface area contributed by atoms with Crippen LogP contribution in [-0.4, -0.2) is 51.0 Å². The van der Waals surface area contributed by atoms with Gasteiger partial charge in [-0.1, -0.05) is 0 Å². The Morgan fingerprint density at radius 2 is 2.25 bits per heavy atom. The van der Waals surface area contributed by atoms with Gasteiger partial charge in [0.1, 0.15) is 0 Å². The molecule has 0 aliphatic carbocycles. The van der Waals surface area contributed by atoms with Crippen molar-refractivity contribution in [2.75, 3.05) is 26.9 Å². The van der Waals surface area contributed by atoms with Crippen LogP contribution in [0.1, 0.15) is 13.3 Å². The van der Waals surface area contributed by atoms with Crippen LogP contribution >= 0.6 is 0 Å². The van der Waals surface area contributed by atoms with Gasteiger partial charge in [0.2, 0.25) is 5.91 Å². The zero-order valence-corrected chi connectivity index (χ0v) is 9.52. The van der Waals surface area contributed by atoms with Gasteiger partial charge in [0.05, 0.1) is 26.4 Å². The fourth-order valence-electron chi connectivity index (χ4n) is 1.21. The number of methoxy groups -OCH3 is 1. The maximum atomic E-state index is 11.2. The lowest BCUT2D eigenvalue weighted by Crippen LogP contribution is -2.43. The highest BCUT2D eigenvalue weighted by Crippen LogP contribution is 2.12. The molecular formula is C10H17NO5. The van der Waals surface area contributed by atoms with Gasteiger partial charge in [0.15, 0.2) is 6.04 Å². The molecule has 2 atom stereocenters. The molecule has 1 fully saturated rings. The van der Waals surface area contributed by atoms with Gasteiger partial charge in [0, 0.05) is 13.5 Å². The molecule has 1 rings (SSSR count). The average Bonchev–Trinajstić information content (AvgIpc) is 3.04. The second kappa shape index (κ2) is 6.44. The van der Waals surface area contributed by atoms with E-state index >= 15 is 0 Å². The number of hydrogen-bond donors (Lipinski definition) is 1. The zero-order valence-electron chi connectivity index (χ0n) is 9.52. The number of esters is 1. The molecular weight excluding hydrogens is 214 g/mol. The summed E-state index contributed by atoms with van der Waals surface area (Å²) in [5.41, 5.74) is 0. The van der Waals surface area contributed by atoms with Gasteiger partial charge in [-0.2, -0.15) is 0 Å². The molecule has 6 nitrogen and oxygen atoms in total. The van der Waals surface area contributed by atoms with E-state index in [1.54, 1.807) is 0 Å². The van der Waals surface area contributed by atoms with Crippen molar-refractivity contribution >= 4 is 11.9 Å². The third kappa shape index (κ3) is 5.09. The fraction of sp³-hybridized carbons (Fsp3) is 0.800. The summed E-state index contributed by atoms with van der Waals surface area (Å²) in [6.45, 7) is 2.76. The summed E-state index contributed by atoms with van der Waals surface area (Å²) < 4.78 is 14.8. The lowest BCUT2D eigenvalue weighted by atomic mass is 10.3. The van der Waals surface area contributed by atoms with Crippen LogP contribution in [0.15, 0.2) is 0 Å². The average molecular weight is 231 g/mol. The van der Waals surface area contributed by atoms with Crippen LogP contribution in [-0.2, 0) is 23.8 Å². The first-order chi connectivity index (χ1) is 7.63. The van der Waals surface area contributed by atoms with E-state index in [0.29, 0.717) is 12.7 Å². The van der Waals surface area contributed by atoms with E-state index in [9.17, 15) is 9.59 Å². The smallest absolute Gasteiger partial charge is 0.330 e. The number of nitrogens with one attached hydrogen (secondary N) is 1. The first-order valence-corrected chi connectivity index (χ1v) is 5.17. The summed E-state index contributed by atoms with van der Waals surface area (Å²) in [5, 5.41) is 2.46. The molecule has 1 aliphatic heterocycles. The van der Waals surface area contributed by atoms with Crippen LogP contribution in [0.4, 0.5) is 0 Å². The largest absolute Gasteiger partial charge is 0.467 e. The normalized spacial score (nSPS) is 20.0. The van der Waals surface area contributed by atoms with E-state index < -0.39 is 12.0 Å². The predicted molar refractivity (Wildman–Crippen MR) is 54.8 cm³/mol. The summed E-state index contributed by atoms with van der Waals surface area (Å²) in [6, 6.07) is -0.734. The van der Waals surface area contributed by atoms with Crippen molar-refractivity contribution < 1.29 is 23.8 Å². The summed E-state index contributed by atoms with van der Waals surface area (Å²) in [7, 11) is 1.27. The molecule has 1 amide bonds. The van der Waals surface area contributed by atoms with Crippen LogP contribution in [0.5, 0.6) is 0 Å². The van der Waals surface area contributed by atoms with E-state index in [2.05, 4.69) is 10.1 Å². The van der Waals surface area contributed by atoms with Crippen LogP contribution < -0.4 is 5.32 Å². The molecule has 0 radical (unpaired) electrons. The molecule has 0 bridgehead atoms. The first kappa shape index (κ1) is 12.9. The van der Waals surface area contributed by atoms with Gasteiger partial charge >= 0.3 is 5.97 Å². The summed E-state index contributed by atoms with van der Waals surface area (Å²) >= 11 is 0. The van der Waals surface area contributed by atoms with Crippen molar-refractivity contribution in [2.24, 2.45) is 0 Å². The Bertz CT molecular complexity index is 252. The number of ether oxygens (including phenoxy) is 3. The lowest BCUT2D eigenvalue weighted by Gasteiger charge is -2.15. The van der Waals surface area contributed by atoms with E-state index in [0.717, 1.165) is 13.0 Å². The number of epoxide rings is 1. The van der Waals surface area contributed by atoms with Crippen LogP contribution in [0.2, 0.25) is 0 Å². The van der Waals surface area contributed by atoms with Gasteiger partial charge in [-0.25, -0.2) is 4.79 Å². The second-order valence-electron chi connectivity index (χ2n) is 3.60. The topological polar surface area (TPSA) is 77.2 Å². The molecule has 16 heavy (non-hydrogen) atoms.